The molecule has 1 N–H and O–H groups in total. The molecule has 0 aromatic heterocycles. The molecule has 0 radical (unpaired) electrons. The third-order valence-electron chi connectivity index (χ3n) is 4.82. The lowest BCUT2D eigenvalue weighted by atomic mass is 9.83. The predicted octanol–water partition coefficient (Wildman–Crippen LogP) is 4.04. The maximum atomic E-state index is 11.5. The van der Waals surface area contributed by atoms with Crippen molar-refractivity contribution in [2.75, 3.05) is 6.54 Å². The molecule has 2 rings (SSSR count). The van der Waals surface area contributed by atoms with Crippen molar-refractivity contribution in [1.29, 1.82) is 0 Å². The Morgan fingerprint density at radius 3 is 2.32 bits per heavy atom. The Bertz CT molecular complexity index is 534. The summed E-state index contributed by atoms with van der Waals surface area (Å²) >= 11 is 0. The smallest absolute Gasteiger partial charge is 0.320 e. The number of nitrogens with zero attached hydrogens (tertiary/aromatic N) is 1. The Morgan fingerprint density at radius 2 is 1.82 bits per heavy atom. The van der Waals surface area contributed by atoms with Crippen molar-refractivity contribution < 1.29 is 9.90 Å². The number of aliphatic carboxylic acids is 1. The molecule has 0 spiro atoms. The quantitative estimate of drug-likeness (QED) is 0.916. The molecule has 1 fully saturated rings. The summed E-state index contributed by atoms with van der Waals surface area (Å²) in [5.74, 6) is -0.679. The number of carbonyl (C=O) groups is 1. The number of rotatable bonds is 3. The standard InChI is InChI=1S/C19H29NO2/c1-13-10-15(19(3,4)5)11-14(2)16(13)12-20-9-7-6-8-17(20)18(21)22/h10-11,17H,6-9,12H2,1-5H3,(H,21,22). The van der Waals surface area contributed by atoms with Crippen LogP contribution in [0.25, 0.3) is 0 Å². The monoisotopic (exact) mass is 303 g/mol. The van der Waals surface area contributed by atoms with E-state index in [0.29, 0.717) is 0 Å². The molecule has 1 aromatic rings. The van der Waals surface area contributed by atoms with Crippen LogP contribution in [-0.2, 0) is 16.8 Å². The van der Waals surface area contributed by atoms with Gasteiger partial charge in [-0.3, -0.25) is 9.69 Å². The summed E-state index contributed by atoms with van der Waals surface area (Å²) in [7, 11) is 0. The highest BCUT2D eigenvalue weighted by Crippen LogP contribution is 2.29. The lowest BCUT2D eigenvalue weighted by Crippen LogP contribution is -2.44. The van der Waals surface area contributed by atoms with Gasteiger partial charge in [0.25, 0.3) is 0 Å². The first-order valence-corrected chi connectivity index (χ1v) is 8.27. The Morgan fingerprint density at radius 1 is 1.23 bits per heavy atom. The number of aryl methyl sites for hydroxylation is 2. The summed E-state index contributed by atoms with van der Waals surface area (Å²) in [5.41, 5.74) is 5.34. The normalized spacial score (nSPS) is 20.1. The first-order valence-electron chi connectivity index (χ1n) is 8.27. The summed E-state index contributed by atoms with van der Waals surface area (Å²) in [5, 5.41) is 9.43. The summed E-state index contributed by atoms with van der Waals surface area (Å²) in [4.78, 5) is 13.6. The molecule has 1 aromatic carbocycles. The van der Waals surface area contributed by atoms with E-state index in [9.17, 15) is 9.90 Å². The lowest BCUT2D eigenvalue weighted by Gasteiger charge is -2.34. The van der Waals surface area contributed by atoms with E-state index in [1.807, 2.05) is 0 Å². The number of hydrogen-bond acceptors (Lipinski definition) is 2. The second-order valence-corrected chi connectivity index (χ2v) is 7.66. The van der Waals surface area contributed by atoms with Gasteiger partial charge in [0.1, 0.15) is 6.04 Å². The molecule has 1 atom stereocenters. The molecule has 0 saturated carbocycles. The minimum Gasteiger partial charge on any atom is -0.480 e. The third-order valence-corrected chi connectivity index (χ3v) is 4.82. The van der Waals surface area contributed by atoms with E-state index in [-0.39, 0.29) is 11.5 Å². The average molecular weight is 303 g/mol. The molecule has 1 saturated heterocycles. The van der Waals surface area contributed by atoms with E-state index in [4.69, 9.17) is 0 Å². The summed E-state index contributed by atoms with van der Waals surface area (Å²) in [6, 6.07) is 4.21. The fourth-order valence-corrected chi connectivity index (χ4v) is 3.34. The molecule has 0 aliphatic carbocycles. The fourth-order valence-electron chi connectivity index (χ4n) is 3.34. The summed E-state index contributed by atoms with van der Waals surface area (Å²) in [6.07, 6.45) is 2.89. The SMILES string of the molecule is Cc1cc(C(C)(C)C)cc(C)c1CN1CCCCC1C(=O)O. The molecular weight excluding hydrogens is 274 g/mol. The van der Waals surface area contributed by atoms with E-state index < -0.39 is 5.97 Å². The predicted molar refractivity (Wildman–Crippen MR) is 90.3 cm³/mol. The zero-order chi connectivity index (χ0) is 16.5. The van der Waals surface area contributed by atoms with Crippen molar-refractivity contribution in [2.24, 2.45) is 0 Å². The van der Waals surface area contributed by atoms with Crippen LogP contribution >= 0.6 is 0 Å². The molecule has 0 bridgehead atoms. The molecule has 0 amide bonds. The zero-order valence-corrected chi connectivity index (χ0v) is 14.6. The minimum absolute atomic E-state index is 0.142. The van der Waals surface area contributed by atoms with Gasteiger partial charge in [0.2, 0.25) is 0 Å². The van der Waals surface area contributed by atoms with Gasteiger partial charge in [-0.1, -0.05) is 39.3 Å². The third kappa shape index (κ3) is 3.70. The fraction of sp³-hybridized carbons (Fsp3) is 0.632. The molecule has 3 nitrogen and oxygen atoms in total. The van der Waals surface area contributed by atoms with E-state index >= 15 is 0 Å². The highest BCUT2D eigenvalue weighted by atomic mass is 16.4. The largest absolute Gasteiger partial charge is 0.480 e. The van der Waals surface area contributed by atoms with Gasteiger partial charge in [-0.2, -0.15) is 0 Å². The Balaban J connectivity index is 2.27. The Kier molecular flexibility index (Phi) is 4.96. The number of carboxylic acid groups (broad SMARTS) is 1. The van der Waals surface area contributed by atoms with Crippen LogP contribution in [0.15, 0.2) is 12.1 Å². The van der Waals surface area contributed by atoms with Crippen LogP contribution in [0.4, 0.5) is 0 Å². The first-order chi connectivity index (χ1) is 10.2. The van der Waals surface area contributed by atoms with Crippen molar-refractivity contribution in [3.8, 4) is 0 Å². The van der Waals surface area contributed by atoms with Gasteiger partial charge < -0.3 is 5.11 Å². The second kappa shape index (κ2) is 6.41. The minimum atomic E-state index is -0.679. The van der Waals surface area contributed by atoms with Gasteiger partial charge in [-0.25, -0.2) is 0 Å². The van der Waals surface area contributed by atoms with Crippen molar-refractivity contribution in [2.45, 2.75) is 71.9 Å². The maximum Gasteiger partial charge on any atom is 0.320 e. The zero-order valence-electron chi connectivity index (χ0n) is 14.6. The molecular formula is C19H29NO2. The van der Waals surface area contributed by atoms with Gasteiger partial charge in [0.05, 0.1) is 0 Å². The van der Waals surface area contributed by atoms with Crippen LogP contribution in [0.2, 0.25) is 0 Å². The second-order valence-electron chi connectivity index (χ2n) is 7.66. The molecule has 1 aliphatic heterocycles. The molecule has 1 heterocycles. The van der Waals surface area contributed by atoms with Crippen LogP contribution < -0.4 is 0 Å². The highest BCUT2D eigenvalue weighted by molar-refractivity contribution is 5.73. The van der Waals surface area contributed by atoms with E-state index in [1.54, 1.807) is 0 Å². The topological polar surface area (TPSA) is 40.5 Å². The Hall–Kier alpha value is -1.35. The number of piperidine rings is 1. The molecule has 3 heteroatoms. The van der Waals surface area contributed by atoms with Crippen molar-refractivity contribution in [3.05, 3.63) is 34.4 Å². The molecule has 1 unspecified atom stereocenters. The number of carboxylic acids is 1. The number of hydrogen-bond donors (Lipinski definition) is 1. The maximum absolute atomic E-state index is 11.5. The van der Waals surface area contributed by atoms with E-state index in [0.717, 1.165) is 32.4 Å². The molecule has 122 valence electrons. The molecule has 22 heavy (non-hydrogen) atoms. The van der Waals surface area contributed by atoms with Crippen molar-refractivity contribution in [1.82, 2.24) is 4.90 Å². The van der Waals surface area contributed by atoms with Crippen molar-refractivity contribution in [3.63, 3.8) is 0 Å². The average Bonchev–Trinajstić information content (AvgIpc) is 2.41. The van der Waals surface area contributed by atoms with Crippen LogP contribution in [0.3, 0.4) is 0 Å². The first kappa shape index (κ1) is 17.0. The lowest BCUT2D eigenvalue weighted by molar-refractivity contribution is -0.144. The van der Waals surface area contributed by atoms with Crippen molar-refractivity contribution >= 4 is 5.97 Å². The van der Waals surface area contributed by atoms with Gasteiger partial charge in [0, 0.05) is 6.54 Å². The van der Waals surface area contributed by atoms with Gasteiger partial charge in [-0.15, -0.1) is 0 Å². The summed E-state index contributed by atoms with van der Waals surface area (Å²) in [6.45, 7) is 12.6. The summed E-state index contributed by atoms with van der Waals surface area (Å²) < 4.78 is 0. The van der Waals surface area contributed by atoms with Crippen LogP contribution in [0.1, 0.15) is 62.3 Å². The van der Waals surface area contributed by atoms with Crippen LogP contribution in [0.5, 0.6) is 0 Å². The highest BCUT2D eigenvalue weighted by Gasteiger charge is 2.29. The van der Waals surface area contributed by atoms with Crippen LogP contribution in [0, 0.1) is 13.8 Å². The van der Waals surface area contributed by atoms with Gasteiger partial charge in [0.15, 0.2) is 0 Å². The number of benzene rings is 1. The van der Waals surface area contributed by atoms with E-state index in [1.165, 1.54) is 22.3 Å². The van der Waals surface area contributed by atoms with Crippen LogP contribution in [-0.4, -0.2) is 28.6 Å². The Labute approximate surface area is 134 Å². The number of likely N-dealkylation sites (tertiary alicyclic amines) is 1. The van der Waals surface area contributed by atoms with E-state index in [2.05, 4.69) is 51.7 Å². The van der Waals surface area contributed by atoms with Gasteiger partial charge >= 0.3 is 5.97 Å². The van der Waals surface area contributed by atoms with Gasteiger partial charge in [-0.05, 0) is 60.9 Å². The molecule has 1 aliphatic rings.